The number of halogens is 5. The second kappa shape index (κ2) is 9.57. The van der Waals surface area contributed by atoms with Crippen LogP contribution in [-0.2, 0) is 24.8 Å². The zero-order valence-corrected chi connectivity index (χ0v) is 18.5. The van der Waals surface area contributed by atoms with Gasteiger partial charge in [-0.05, 0) is 43.9 Å². The third kappa shape index (κ3) is 5.05. The lowest BCUT2D eigenvalue weighted by Gasteiger charge is -2.42. The molecule has 6 nitrogen and oxygen atoms in total. The monoisotopic (exact) mass is 502 g/mol. The van der Waals surface area contributed by atoms with Crippen molar-refractivity contribution < 1.29 is 38.8 Å². The Balaban J connectivity index is 2.53. The molecule has 0 aromatic heterocycles. The SMILES string of the molecule is C=CCN(CC=C)S(=O)(=O)C1(c2cc(F)ccc2F)CCC(NS(=O)(=O)C(F)(F)F)CC1. The quantitative estimate of drug-likeness (QED) is 0.414. The molecule has 0 radical (unpaired) electrons. The Hall–Kier alpha value is -1.83. The standard InChI is InChI=1S/C19H23F5N2O4S2/c1-3-11-26(12-4-2)32(29,30)18(16-13-14(20)5-6-17(16)21)9-7-15(8-10-18)25-31(27,28)19(22,23)24/h3-6,13,15,25H,1-2,7-12H2. The predicted molar refractivity (Wildman–Crippen MR) is 109 cm³/mol. The molecule has 180 valence electrons. The van der Waals surface area contributed by atoms with Crippen LogP contribution in [0.25, 0.3) is 0 Å². The van der Waals surface area contributed by atoms with Gasteiger partial charge in [0.2, 0.25) is 10.0 Å². The van der Waals surface area contributed by atoms with Crippen LogP contribution >= 0.6 is 0 Å². The smallest absolute Gasteiger partial charge is 0.211 e. The molecule has 13 heteroatoms. The van der Waals surface area contributed by atoms with Crippen molar-refractivity contribution in [2.75, 3.05) is 13.1 Å². The van der Waals surface area contributed by atoms with Crippen molar-refractivity contribution in [1.29, 1.82) is 0 Å². The van der Waals surface area contributed by atoms with Gasteiger partial charge in [-0.25, -0.2) is 30.3 Å². The van der Waals surface area contributed by atoms with Crippen LogP contribution in [-0.4, -0.2) is 45.8 Å². The van der Waals surface area contributed by atoms with Crippen molar-refractivity contribution in [3.8, 4) is 0 Å². The first-order valence-corrected chi connectivity index (χ1v) is 12.4. The van der Waals surface area contributed by atoms with E-state index in [-0.39, 0.29) is 25.9 Å². The summed E-state index contributed by atoms with van der Waals surface area (Å²) in [4.78, 5) is 0. The molecule has 1 fully saturated rings. The lowest BCUT2D eigenvalue weighted by atomic mass is 9.81. The zero-order valence-electron chi connectivity index (χ0n) is 16.9. The van der Waals surface area contributed by atoms with Gasteiger partial charge in [0.15, 0.2) is 0 Å². The van der Waals surface area contributed by atoms with Gasteiger partial charge in [0.1, 0.15) is 16.4 Å². The Bertz CT molecular complexity index is 1050. The molecule has 1 aromatic rings. The van der Waals surface area contributed by atoms with Crippen LogP contribution in [0, 0.1) is 11.6 Å². The Labute approximate surface area is 183 Å². The van der Waals surface area contributed by atoms with Gasteiger partial charge in [-0.1, -0.05) is 12.2 Å². The van der Waals surface area contributed by atoms with Crippen molar-refractivity contribution in [2.24, 2.45) is 0 Å². The van der Waals surface area contributed by atoms with Crippen LogP contribution < -0.4 is 4.72 Å². The van der Waals surface area contributed by atoms with Crippen LogP contribution in [0.5, 0.6) is 0 Å². The number of hydrogen-bond donors (Lipinski definition) is 1. The first-order valence-electron chi connectivity index (χ1n) is 9.47. The first-order chi connectivity index (χ1) is 14.7. The second-order valence-electron chi connectivity index (χ2n) is 7.36. The highest BCUT2D eigenvalue weighted by Gasteiger charge is 2.53. The van der Waals surface area contributed by atoms with E-state index in [9.17, 15) is 38.8 Å². The zero-order chi connectivity index (χ0) is 24.4. The van der Waals surface area contributed by atoms with E-state index >= 15 is 0 Å². The van der Waals surface area contributed by atoms with Gasteiger partial charge in [-0.2, -0.15) is 17.5 Å². The van der Waals surface area contributed by atoms with Crippen molar-refractivity contribution in [3.63, 3.8) is 0 Å². The van der Waals surface area contributed by atoms with E-state index in [0.717, 1.165) is 22.5 Å². The van der Waals surface area contributed by atoms with Gasteiger partial charge in [0.25, 0.3) is 0 Å². The minimum atomic E-state index is -5.65. The minimum Gasteiger partial charge on any atom is -0.211 e. The lowest BCUT2D eigenvalue weighted by Crippen LogP contribution is -2.52. The molecular weight excluding hydrogens is 479 g/mol. The van der Waals surface area contributed by atoms with Crippen molar-refractivity contribution in [2.45, 2.75) is 42.0 Å². The van der Waals surface area contributed by atoms with Crippen LogP contribution in [0.2, 0.25) is 0 Å². The van der Waals surface area contributed by atoms with Gasteiger partial charge < -0.3 is 0 Å². The topological polar surface area (TPSA) is 83.6 Å². The molecule has 1 saturated carbocycles. The van der Waals surface area contributed by atoms with Crippen molar-refractivity contribution in [1.82, 2.24) is 9.03 Å². The summed E-state index contributed by atoms with van der Waals surface area (Å²) in [7, 11) is -10.1. The molecule has 0 bridgehead atoms. The van der Waals surface area contributed by atoms with Crippen LogP contribution in [0.15, 0.2) is 43.5 Å². The summed E-state index contributed by atoms with van der Waals surface area (Å²) in [6.45, 7) is 6.63. The molecule has 32 heavy (non-hydrogen) atoms. The largest absolute Gasteiger partial charge is 0.511 e. The molecule has 0 aliphatic heterocycles. The number of nitrogens with one attached hydrogen (secondary N) is 1. The Morgan fingerprint density at radius 1 is 1.06 bits per heavy atom. The van der Waals surface area contributed by atoms with Crippen LogP contribution in [0.4, 0.5) is 22.0 Å². The summed E-state index contributed by atoms with van der Waals surface area (Å²) in [5, 5.41) is 0. The first kappa shape index (κ1) is 26.4. The maximum atomic E-state index is 14.7. The molecule has 1 aromatic carbocycles. The maximum Gasteiger partial charge on any atom is 0.511 e. The van der Waals surface area contributed by atoms with E-state index in [2.05, 4.69) is 13.2 Å². The third-order valence-corrected chi connectivity index (χ3v) is 9.18. The summed E-state index contributed by atoms with van der Waals surface area (Å²) < 4.78 is 117. The summed E-state index contributed by atoms with van der Waals surface area (Å²) in [6, 6.07) is 1.10. The summed E-state index contributed by atoms with van der Waals surface area (Å²) in [6.07, 6.45) is 1.01. The van der Waals surface area contributed by atoms with E-state index in [1.165, 1.54) is 16.9 Å². The number of nitrogens with zero attached hydrogens (tertiary/aromatic N) is 1. The van der Waals surface area contributed by atoms with E-state index in [0.29, 0.717) is 0 Å². The Morgan fingerprint density at radius 3 is 2.06 bits per heavy atom. The Morgan fingerprint density at radius 2 is 1.59 bits per heavy atom. The third-order valence-electron chi connectivity index (χ3n) is 5.34. The van der Waals surface area contributed by atoms with Gasteiger partial charge in [-0.15, -0.1) is 13.2 Å². The molecule has 0 atom stereocenters. The highest BCUT2D eigenvalue weighted by Crippen LogP contribution is 2.47. The normalized spacial score (nSPS) is 22.6. The van der Waals surface area contributed by atoms with E-state index in [1.54, 1.807) is 0 Å². The number of hydrogen-bond acceptors (Lipinski definition) is 4. The van der Waals surface area contributed by atoms with Gasteiger partial charge in [0.05, 0.1) is 0 Å². The van der Waals surface area contributed by atoms with Gasteiger partial charge in [-0.3, -0.25) is 0 Å². The number of benzene rings is 1. The van der Waals surface area contributed by atoms with E-state index < -0.39 is 66.4 Å². The van der Waals surface area contributed by atoms with E-state index in [1.807, 2.05) is 0 Å². The summed E-state index contributed by atoms with van der Waals surface area (Å²) in [5.41, 5.74) is -6.00. The van der Waals surface area contributed by atoms with Crippen molar-refractivity contribution >= 4 is 20.0 Å². The Kier molecular flexibility index (Phi) is 7.91. The molecule has 1 aliphatic carbocycles. The lowest BCUT2D eigenvalue weighted by molar-refractivity contribution is -0.0452. The average Bonchev–Trinajstić information content (AvgIpc) is 2.69. The van der Waals surface area contributed by atoms with Gasteiger partial charge in [0, 0.05) is 24.7 Å². The molecule has 0 unspecified atom stereocenters. The fourth-order valence-corrected chi connectivity index (χ4v) is 6.90. The number of sulfonamides is 2. The summed E-state index contributed by atoms with van der Waals surface area (Å²) >= 11 is 0. The number of alkyl halides is 3. The fraction of sp³-hybridized carbons (Fsp3) is 0.474. The molecule has 1 aliphatic rings. The predicted octanol–water partition coefficient (Wildman–Crippen LogP) is 3.55. The molecule has 0 saturated heterocycles. The maximum absolute atomic E-state index is 14.7. The van der Waals surface area contributed by atoms with Gasteiger partial charge >= 0.3 is 15.5 Å². The van der Waals surface area contributed by atoms with Crippen LogP contribution in [0.1, 0.15) is 31.2 Å². The average molecular weight is 503 g/mol. The molecular formula is C19H23F5N2O4S2. The summed E-state index contributed by atoms with van der Waals surface area (Å²) in [5.74, 6) is -1.89. The highest BCUT2D eigenvalue weighted by molar-refractivity contribution is 7.90. The molecule has 0 amide bonds. The van der Waals surface area contributed by atoms with Crippen molar-refractivity contribution in [3.05, 3.63) is 60.7 Å². The minimum absolute atomic E-state index is 0.169. The molecule has 0 spiro atoms. The van der Waals surface area contributed by atoms with Crippen LogP contribution in [0.3, 0.4) is 0 Å². The fourth-order valence-electron chi connectivity index (χ4n) is 3.81. The number of rotatable bonds is 9. The molecule has 2 rings (SSSR count). The second-order valence-corrected chi connectivity index (χ2v) is 11.3. The van der Waals surface area contributed by atoms with E-state index in [4.69, 9.17) is 0 Å². The highest BCUT2D eigenvalue weighted by atomic mass is 32.2. The molecule has 0 heterocycles. The molecule has 1 N–H and O–H groups in total.